The van der Waals surface area contributed by atoms with Crippen molar-refractivity contribution < 1.29 is 14.7 Å². The van der Waals surface area contributed by atoms with Gasteiger partial charge in [-0.25, -0.2) is 0 Å². The Morgan fingerprint density at radius 3 is 2.57 bits per heavy atom. The third-order valence-corrected chi connectivity index (χ3v) is 6.10. The van der Waals surface area contributed by atoms with Crippen molar-refractivity contribution in [1.82, 2.24) is 24.5 Å². The number of amides is 1. The van der Waals surface area contributed by atoms with Crippen molar-refractivity contribution in [3.63, 3.8) is 0 Å². The van der Waals surface area contributed by atoms with Crippen LogP contribution >= 0.6 is 0 Å². The van der Waals surface area contributed by atoms with Gasteiger partial charge in [0.25, 0.3) is 0 Å². The van der Waals surface area contributed by atoms with Crippen molar-refractivity contribution >= 4 is 11.9 Å². The lowest BCUT2D eigenvalue weighted by molar-refractivity contribution is -0.138. The fourth-order valence-corrected chi connectivity index (χ4v) is 4.43. The van der Waals surface area contributed by atoms with Crippen molar-refractivity contribution in [3.05, 3.63) is 18.0 Å². The maximum atomic E-state index is 12.7. The molecule has 2 aliphatic heterocycles. The summed E-state index contributed by atoms with van der Waals surface area (Å²) >= 11 is 0. The number of rotatable bonds is 7. The average Bonchev–Trinajstić information content (AvgIpc) is 3.10. The van der Waals surface area contributed by atoms with E-state index < -0.39 is 5.97 Å². The van der Waals surface area contributed by atoms with E-state index in [4.69, 9.17) is 5.11 Å². The largest absolute Gasteiger partial charge is 0.481 e. The van der Waals surface area contributed by atoms with Crippen LogP contribution < -0.4 is 0 Å². The van der Waals surface area contributed by atoms with Crippen LogP contribution in [0.25, 0.3) is 0 Å². The van der Waals surface area contributed by atoms with Crippen molar-refractivity contribution in [1.29, 1.82) is 0 Å². The van der Waals surface area contributed by atoms with Gasteiger partial charge in [0.1, 0.15) is 0 Å². The van der Waals surface area contributed by atoms with E-state index in [0.29, 0.717) is 32.0 Å². The number of aliphatic carboxylic acids is 1. The Labute approximate surface area is 167 Å². The highest BCUT2D eigenvalue weighted by atomic mass is 16.4. The van der Waals surface area contributed by atoms with Crippen LogP contribution in [0.5, 0.6) is 0 Å². The van der Waals surface area contributed by atoms with Crippen LogP contribution in [0.1, 0.15) is 31.2 Å². The summed E-state index contributed by atoms with van der Waals surface area (Å²) in [7, 11) is 2.14. The molecule has 0 aliphatic carbocycles. The standard InChI is InChI=1S/C20H33N5O3/c1-16-13-21-25(14-16)8-6-19(26)24-7-5-18(17(15-24)3-4-20(27)28)23-11-9-22(2)10-12-23/h13-14,17-18H,3-12,15H2,1-2H3,(H,27,28)/t17-,18+/m1/s1. The molecule has 1 amide bonds. The summed E-state index contributed by atoms with van der Waals surface area (Å²) in [6, 6.07) is 0.380. The molecule has 0 saturated carbocycles. The van der Waals surface area contributed by atoms with Gasteiger partial charge in [-0.3, -0.25) is 19.2 Å². The fraction of sp³-hybridized carbons (Fsp3) is 0.750. The number of carbonyl (C=O) groups excluding carboxylic acids is 1. The smallest absolute Gasteiger partial charge is 0.303 e. The second-order valence-electron chi connectivity index (χ2n) is 8.26. The van der Waals surface area contributed by atoms with Crippen LogP contribution in [-0.2, 0) is 16.1 Å². The molecule has 2 fully saturated rings. The van der Waals surface area contributed by atoms with Gasteiger partial charge >= 0.3 is 5.97 Å². The van der Waals surface area contributed by atoms with E-state index in [2.05, 4.69) is 21.9 Å². The van der Waals surface area contributed by atoms with Gasteiger partial charge in [0, 0.05) is 70.9 Å². The van der Waals surface area contributed by atoms with E-state index in [1.54, 1.807) is 6.20 Å². The zero-order valence-electron chi connectivity index (χ0n) is 17.1. The predicted octanol–water partition coefficient (Wildman–Crippen LogP) is 0.911. The summed E-state index contributed by atoms with van der Waals surface area (Å²) in [6.45, 7) is 8.15. The average molecular weight is 392 g/mol. The van der Waals surface area contributed by atoms with E-state index in [1.165, 1.54) is 0 Å². The molecular weight excluding hydrogens is 358 g/mol. The normalized spacial score (nSPS) is 24.4. The number of nitrogens with zero attached hydrogens (tertiary/aromatic N) is 5. The number of carbonyl (C=O) groups is 2. The molecule has 2 saturated heterocycles. The van der Waals surface area contributed by atoms with Crippen molar-refractivity contribution in [2.75, 3.05) is 46.3 Å². The molecule has 2 atom stereocenters. The van der Waals surface area contributed by atoms with Gasteiger partial charge in [-0.15, -0.1) is 0 Å². The molecule has 3 rings (SSSR count). The molecule has 0 radical (unpaired) electrons. The number of piperidine rings is 1. The highest BCUT2D eigenvalue weighted by Crippen LogP contribution is 2.27. The molecule has 2 aliphatic rings. The summed E-state index contributed by atoms with van der Waals surface area (Å²) in [5.41, 5.74) is 1.09. The summed E-state index contributed by atoms with van der Waals surface area (Å²) in [5, 5.41) is 13.4. The van der Waals surface area contributed by atoms with Crippen LogP contribution in [0.2, 0.25) is 0 Å². The minimum Gasteiger partial charge on any atom is -0.481 e. The van der Waals surface area contributed by atoms with Crippen LogP contribution in [0.15, 0.2) is 12.4 Å². The second kappa shape index (κ2) is 9.52. The topological polar surface area (TPSA) is 81.9 Å². The third kappa shape index (κ3) is 5.54. The quantitative estimate of drug-likeness (QED) is 0.744. The molecule has 1 aromatic heterocycles. The van der Waals surface area contributed by atoms with Crippen LogP contribution in [0, 0.1) is 12.8 Å². The maximum Gasteiger partial charge on any atom is 0.303 e. The van der Waals surface area contributed by atoms with Gasteiger partial charge < -0.3 is 14.9 Å². The highest BCUT2D eigenvalue weighted by molar-refractivity contribution is 5.76. The second-order valence-corrected chi connectivity index (χ2v) is 8.26. The van der Waals surface area contributed by atoms with E-state index in [1.807, 2.05) is 22.7 Å². The molecule has 156 valence electrons. The number of hydrogen-bond donors (Lipinski definition) is 1. The number of aromatic nitrogens is 2. The predicted molar refractivity (Wildman–Crippen MR) is 106 cm³/mol. The molecule has 0 bridgehead atoms. The van der Waals surface area contributed by atoms with E-state index in [9.17, 15) is 9.59 Å². The fourth-order valence-electron chi connectivity index (χ4n) is 4.43. The van der Waals surface area contributed by atoms with Crippen molar-refractivity contribution in [3.8, 4) is 0 Å². The van der Waals surface area contributed by atoms with Crippen LogP contribution in [-0.4, -0.2) is 93.8 Å². The Hall–Kier alpha value is -1.93. The minimum atomic E-state index is -0.755. The Balaban J connectivity index is 1.57. The molecule has 8 heteroatoms. The first-order valence-electron chi connectivity index (χ1n) is 10.3. The summed E-state index contributed by atoms with van der Waals surface area (Å²) in [6.07, 6.45) is 5.92. The SMILES string of the molecule is Cc1cnn(CCC(=O)N2CC[C@H](N3CCN(C)CC3)[C@H](CCC(=O)O)C2)c1. The molecule has 1 N–H and O–H groups in total. The number of carboxylic acid groups (broad SMARTS) is 1. The first-order chi connectivity index (χ1) is 13.4. The first kappa shape index (κ1) is 20.8. The number of aryl methyl sites for hydroxylation is 2. The minimum absolute atomic E-state index is 0.144. The van der Waals surface area contributed by atoms with E-state index in [0.717, 1.165) is 44.7 Å². The molecule has 3 heterocycles. The third-order valence-electron chi connectivity index (χ3n) is 6.10. The first-order valence-corrected chi connectivity index (χ1v) is 10.3. The molecular formula is C20H33N5O3. The Kier molecular flexibility index (Phi) is 7.07. The zero-order valence-corrected chi connectivity index (χ0v) is 17.1. The van der Waals surface area contributed by atoms with Gasteiger partial charge in [0.2, 0.25) is 5.91 Å². The van der Waals surface area contributed by atoms with Gasteiger partial charge in [0.15, 0.2) is 0 Å². The summed E-state index contributed by atoms with van der Waals surface area (Å²) < 4.78 is 1.81. The number of likely N-dealkylation sites (tertiary alicyclic amines) is 1. The lowest BCUT2D eigenvalue weighted by Crippen LogP contribution is -2.57. The van der Waals surface area contributed by atoms with Gasteiger partial charge in [-0.1, -0.05) is 0 Å². The number of likely N-dealkylation sites (N-methyl/N-ethyl adjacent to an activating group) is 1. The zero-order chi connectivity index (χ0) is 20.1. The maximum absolute atomic E-state index is 12.7. The lowest BCUT2D eigenvalue weighted by Gasteiger charge is -2.46. The Morgan fingerprint density at radius 1 is 1.18 bits per heavy atom. The lowest BCUT2D eigenvalue weighted by atomic mass is 9.86. The van der Waals surface area contributed by atoms with E-state index in [-0.39, 0.29) is 18.2 Å². The molecule has 0 aromatic carbocycles. The Bertz CT molecular complexity index is 669. The molecule has 1 aromatic rings. The van der Waals surface area contributed by atoms with Crippen molar-refractivity contribution in [2.24, 2.45) is 5.92 Å². The summed E-state index contributed by atoms with van der Waals surface area (Å²) in [4.78, 5) is 30.7. The Morgan fingerprint density at radius 2 is 1.93 bits per heavy atom. The monoisotopic (exact) mass is 391 g/mol. The molecule has 8 nitrogen and oxygen atoms in total. The van der Waals surface area contributed by atoms with Gasteiger partial charge in [-0.2, -0.15) is 5.10 Å². The van der Waals surface area contributed by atoms with E-state index >= 15 is 0 Å². The molecule has 0 unspecified atom stereocenters. The van der Waals surface area contributed by atoms with Crippen LogP contribution in [0.3, 0.4) is 0 Å². The molecule has 28 heavy (non-hydrogen) atoms. The number of carboxylic acids is 1. The van der Waals surface area contributed by atoms with Crippen LogP contribution in [0.4, 0.5) is 0 Å². The summed E-state index contributed by atoms with van der Waals surface area (Å²) in [5.74, 6) is -0.385. The highest BCUT2D eigenvalue weighted by Gasteiger charge is 2.35. The van der Waals surface area contributed by atoms with Gasteiger partial charge in [-0.05, 0) is 38.3 Å². The number of hydrogen-bond acceptors (Lipinski definition) is 5. The number of piperazine rings is 1. The van der Waals surface area contributed by atoms with Gasteiger partial charge in [0.05, 0.1) is 6.20 Å². The van der Waals surface area contributed by atoms with Crippen molar-refractivity contribution in [2.45, 2.75) is 45.2 Å². The molecule has 0 spiro atoms.